The van der Waals surface area contributed by atoms with Crippen LogP contribution in [0.5, 0.6) is 17.2 Å². The summed E-state index contributed by atoms with van der Waals surface area (Å²) >= 11 is 3.37. The number of rotatable bonds is 8. The van der Waals surface area contributed by atoms with Gasteiger partial charge in [0.25, 0.3) is 17.7 Å². The van der Waals surface area contributed by atoms with E-state index in [-0.39, 0.29) is 29.4 Å². The molecule has 200 valence electrons. The lowest BCUT2D eigenvalue weighted by Crippen LogP contribution is -2.54. The fourth-order valence-corrected chi connectivity index (χ4v) is 4.20. The zero-order chi connectivity index (χ0) is 28.1. The van der Waals surface area contributed by atoms with E-state index in [1.165, 1.54) is 31.4 Å². The maximum Gasteiger partial charge on any atom is 0.335 e. The van der Waals surface area contributed by atoms with Gasteiger partial charge in [-0.3, -0.25) is 19.7 Å². The van der Waals surface area contributed by atoms with Crippen LogP contribution in [0.25, 0.3) is 6.08 Å². The van der Waals surface area contributed by atoms with Crippen LogP contribution < -0.4 is 29.7 Å². The smallest absolute Gasteiger partial charge is 0.335 e. The third-order valence-electron chi connectivity index (χ3n) is 5.47. The van der Waals surface area contributed by atoms with Crippen molar-refractivity contribution in [2.45, 2.75) is 0 Å². The van der Waals surface area contributed by atoms with Crippen molar-refractivity contribution < 1.29 is 37.8 Å². The van der Waals surface area contributed by atoms with Gasteiger partial charge in [0.2, 0.25) is 0 Å². The lowest BCUT2D eigenvalue weighted by atomic mass is 10.1. The van der Waals surface area contributed by atoms with E-state index in [4.69, 9.17) is 14.2 Å². The SMILES string of the molecule is COc1ccc(NC(=O)COc2c(Br)cc(/C=C3\C(=O)NC(=O)N(c4ccc(F)cc4)C3=O)cc2OC)cc1. The summed E-state index contributed by atoms with van der Waals surface area (Å²) in [4.78, 5) is 51.0. The van der Waals surface area contributed by atoms with E-state index in [1.807, 2.05) is 0 Å². The minimum absolute atomic E-state index is 0.0905. The molecule has 12 heteroatoms. The largest absolute Gasteiger partial charge is 0.497 e. The molecule has 0 unspecified atom stereocenters. The standard InChI is InChI=1S/C27H21BrFN3O7/c1-37-19-9-5-17(6-10-19)30-23(33)14-39-24-21(28)12-15(13-22(24)38-2)11-20-25(34)31-27(36)32(26(20)35)18-7-3-16(29)4-8-18/h3-13H,14H2,1-2H3,(H,30,33)(H,31,34,36)/b20-11+. The molecule has 1 fully saturated rings. The van der Waals surface area contributed by atoms with Crippen molar-refractivity contribution in [1.29, 1.82) is 0 Å². The molecule has 0 atom stereocenters. The molecule has 0 aromatic heterocycles. The number of ether oxygens (including phenoxy) is 3. The number of halogens is 2. The van der Waals surface area contributed by atoms with Gasteiger partial charge in [0, 0.05) is 5.69 Å². The Labute approximate surface area is 230 Å². The lowest BCUT2D eigenvalue weighted by molar-refractivity contribution is -0.122. The number of anilines is 2. The number of nitrogens with zero attached hydrogens (tertiary/aromatic N) is 1. The van der Waals surface area contributed by atoms with Crippen LogP contribution in [0.4, 0.5) is 20.6 Å². The number of hydrogen-bond donors (Lipinski definition) is 2. The second-order valence-corrected chi connectivity index (χ2v) is 8.89. The molecule has 0 radical (unpaired) electrons. The molecule has 2 N–H and O–H groups in total. The molecule has 1 saturated heterocycles. The van der Waals surface area contributed by atoms with Gasteiger partial charge in [-0.05, 0) is 88.2 Å². The summed E-state index contributed by atoms with van der Waals surface area (Å²) in [6.07, 6.45) is 1.27. The van der Waals surface area contributed by atoms with E-state index in [2.05, 4.69) is 26.6 Å². The molecular weight excluding hydrogens is 577 g/mol. The molecule has 1 aliphatic heterocycles. The molecule has 4 rings (SSSR count). The molecule has 3 aromatic rings. The molecule has 0 aliphatic carbocycles. The maximum absolute atomic E-state index is 13.3. The fraction of sp³-hybridized carbons (Fsp3) is 0.111. The van der Waals surface area contributed by atoms with Crippen LogP contribution in [0.2, 0.25) is 0 Å². The number of methoxy groups -OCH3 is 2. The number of barbiturate groups is 1. The summed E-state index contributed by atoms with van der Waals surface area (Å²) in [6, 6.07) is 13.5. The number of urea groups is 1. The highest BCUT2D eigenvalue weighted by Crippen LogP contribution is 2.37. The lowest BCUT2D eigenvalue weighted by Gasteiger charge is -2.26. The molecule has 0 saturated carbocycles. The minimum atomic E-state index is -0.954. The summed E-state index contributed by atoms with van der Waals surface area (Å²) in [5, 5.41) is 4.80. The van der Waals surface area contributed by atoms with Gasteiger partial charge in [-0.1, -0.05) is 0 Å². The Hall–Kier alpha value is -4.71. The van der Waals surface area contributed by atoms with Gasteiger partial charge in [-0.2, -0.15) is 0 Å². The first kappa shape index (κ1) is 27.3. The van der Waals surface area contributed by atoms with Crippen LogP contribution in [0.3, 0.4) is 0 Å². The molecular formula is C27H21BrFN3O7. The first-order chi connectivity index (χ1) is 18.7. The number of benzene rings is 3. The zero-order valence-corrected chi connectivity index (χ0v) is 22.2. The third-order valence-corrected chi connectivity index (χ3v) is 6.06. The van der Waals surface area contributed by atoms with Crippen LogP contribution in [0, 0.1) is 5.82 Å². The second kappa shape index (κ2) is 11.8. The molecule has 1 heterocycles. The first-order valence-corrected chi connectivity index (χ1v) is 12.1. The van der Waals surface area contributed by atoms with Gasteiger partial charge in [0.1, 0.15) is 17.1 Å². The molecule has 5 amide bonds. The van der Waals surface area contributed by atoms with Gasteiger partial charge in [-0.25, -0.2) is 14.1 Å². The van der Waals surface area contributed by atoms with E-state index in [1.54, 1.807) is 37.4 Å². The van der Waals surface area contributed by atoms with Crippen molar-refractivity contribution >= 4 is 57.1 Å². The quantitative estimate of drug-likeness (QED) is 0.293. The van der Waals surface area contributed by atoms with E-state index < -0.39 is 29.6 Å². The Kier molecular flexibility index (Phi) is 8.25. The predicted molar refractivity (Wildman–Crippen MR) is 143 cm³/mol. The first-order valence-electron chi connectivity index (χ1n) is 11.3. The molecule has 0 spiro atoms. The number of amides is 5. The Morgan fingerprint density at radius 3 is 2.36 bits per heavy atom. The van der Waals surface area contributed by atoms with Crippen LogP contribution in [-0.4, -0.2) is 44.6 Å². The summed E-state index contributed by atoms with van der Waals surface area (Å²) in [5.74, 6) is -1.68. The molecule has 3 aromatic carbocycles. The van der Waals surface area contributed by atoms with E-state index in [9.17, 15) is 23.6 Å². The molecule has 39 heavy (non-hydrogen) atoms. The highest BCUT2D eigenvalue weighted by molar-refractivity contribution is 9.10. The third kappa shape index (κ3) is 6.24. The predicted octanol–water partition coefficient (Wildman–Crippen LogP) is 4.29. The van der Waals surface area contributed by atoms with E-state index in [0.717, 1.165) is 17.0 Å². The Morgan fingerprint density at radius 1 is 1.03 bits per heavy atom. The summed E-state index contributed by atoms with van der Waals surface area (Å²) in [6.45, 7) is -0.336. The average molecular weight is 598 g/mol. The summed E-state index contributed by atoms with van der Waals surface area (Å²) in [5.41, 5.74) is 0.676. The van der Waals surface area contributed by atoms with Crippen LogP contribution in [0.1, 0.15) is 5.56 Å². The summed E-state index contributed by atoms with van der Waals surface area (Å²) < 4.78 is 29.8. The Morgan fingerprint density at radius 2 is 1.72 bits per heavy atom. The van der Waals surface area contributed by atoms with Gasteiger partial charge in [0.05, 0.1) is 24.4 Å². The van der Waals surface area contributed by atoms with Crippen LogP contribution in [0.15, 0.2) is 70.7 Å². The van der Waals surface area contributed by atoms with E-state index in [0.29, 0.717) is 21.5 Å². The highest BCUT2D eigenvalue weighted by atomic mass is 79.9. The molecule has 1 aliphatic rings. The van der Waals surface area contributed by atoms with Crippen LogP contribution >= 0.6 is 15.9 Å². The topological polar surface area (TPSA) is 123 Å². The Balaban J connectivity index is 1.53. The van der Waals surface area contributed by atoms with Gasteiger partial charge >= 0.3 is 6.03 Å². The van der Waals surface area contributed by atoms with Gasteiger partial charge in [0.15, 0.2) is 18.1 Å². The zero-order valence-electron chi connectivity index (χ0n) is 20.6. The summed E-state index contributed by atoms with van der Waals surface area (Å²) in [7, 11) is 2.93. The van der Waals surface area contributed by atoms with Crippen LogP contribution in [-0.2, 0) is 14.4 Å². The molecule has 10 nitrogen and oxygen atoms in total. The number of hydrogen-bond acceptors (Lipinski definition) is 7. The van der Waals surface area contributed by atoms with Crippen molar-refractivity contribution in [2.24, 2.45) is 0 Å². The van der Waals surface area contributed by atoms with Crippen molar-refractivity contribution in [3.05, 3.63) is 82.1 Å². The average Bonchev–Trinajstić information content (AvgIpc) is 2.91. The van der Waals surface area contributed by atoms with Crippen molar-refractivity contribution in [3.63, 3.8) is 0 Å². The van der Waals surface area contributed by atoms with Crippen molar-refractivity contribution in [2.75, 3.05) is 31.0 Å². The van der Waals surface area contributed by atoms with Crippen molar-refractivity contribution in [1.82, 2.24) is 5.32 Å². The Bertz CT molecular complexity index is 1470. The highest BCUT2D eigenvalue weighted by Gasteiger charge is 2.37. The number of nitrogens with one attached hydrogen (secondary N) is 2. The maximum atomic E-state index is 13.3. The number of imide groups is 2. The van der Waals surface area contributed by atoms with E-state index >= 15 is 0 Å². The van der Waals surface area contributed by atoms with Crippen molar-refractivity contribution in [3.8, 4) is 17.2 Å². The number of carbonyl (C=O) groups is 4. The fourth-order valence-electron chi connectivity index (χ4n) is 3.62. The van der Waals surface area contributed by atoms with Gasteiger partial charge < -0.3 is 19.5 Å². The monoisotopic (exact) mass is 597 g/mol. The second-order valence-electron chi connectivity index (χ2n) is 8.03. The minimum Gasteiger partial charge on any atom is -0.497 e. The normalized spacial score (nSPS) is 14.2. The van der Waals surface area contributed by atoms with Gasteiger partial charge in [-0.15, -0.1) is 0 Å². The number of carbonyl (C=O) groups excluding carboxylic acids is 4. The molecule has 0 bridgehead atoms.